The van der Waals surface area contributed by atoms with Crippen LogP contribution < -0.4 is 5.32 Å². The van der Waals surface area contributed by atoms with Gasteiger partial charge in [-0.15, -0.1) is 0 Å². The first-order valence-corrected chi connectivity index (χ1v) is 7.95. The lowest BCUT2D eigenvalue weighted by atomic mass is 10.0. The summed E-state index contributed by atoms with van der Waals surface area (Å²) in [5, 5.41) is 2.96. The molecule has 0 unspecified atom stereocenters. The molecule has 0 amide bonds. The molecule has 100 valence electrons. The molecule has 5 heteroatoms. The molecule has 0 saturated carbocycles. The molecule has 0 spiro atoms. The Morgan fingerprint density at radius 2 is 1.83 bits per heavy atom. The van der Waals surface area contributed by atoms with Gasteiger partial charge < -0.3 is 5.32 Å². The van der Waals surface area contributed by atoms with Crippen molar-refractivity contribution in [2.45, 2.75) is 19.8 Å². The van der Waals surface area contributed by atoms with E-state index in [1.165, 1.54) is 0 Å². The number of hydrogen-bond donors (Lipinski definition) is 1. The maximum atomic E-state index is 12.1. The van der Waals surface area contributed by atoms with Crippen LogP contribution in [0.2, 0.25) is 0 Å². The Hall–Kier alpha value is -1.07. The number of para-hydroxylation sites is 1. The maximum absolute atomic E-state index is 12.1. The lowest BCUT2D eigenvalue weighted by Gasteiger charge is -2.29. The molecule has 1 N–H and O–H groups in total. The summed E-state index contributed by atoms with van der Waals surface area (Å²) in [5.41, 5.74) is 0.839. The van der Waals surface area contributed by atoms with E-state index in [0.717, 1.165) is 18.5 Å². The van der Waals surface area contributed by atoms with Crippen molar-refractivity contribution in [2.24, 2.45) is 5.92 Å². The van der Waals surface area contributed by atoms with Crippen LogP contribution in [0.1, 0.15) is 19.8 Å². The monoisotopic (exact) mass is 268 g/mol. The molecule has 1 fully saturated rings. The zero-order valence-electron chi connectivity index (χ0n) is 10.7. The Kier molecular flexibility index (Phi) is 4.24. The SMILES string of the molecule is CC1CCN(S(=O)(=O)CNc2ccccc2)CC1. The highest BCUT2D eigenvalue weighted by Crippen LogP contribution is 2.19. The van der Waals surface area contributed by atoms with Crippen molar-refractivity contribution < 1.29 is 8.42 Å². The highest BCUT2D eigenvalue weighted by atomic mass is 32.2. The van der Waals surface area contributed by atoms with Gasteiger partial charge in [-0.3, -0.25) is 0 Å². The molecule has 0 aromatic heterocycles. The fourth-order valence-corrected chi connectivity index (χ4v) is 3.38. The summed E-state index contributed by atoms with van der Waals surface area (Å²) in [6.07, 6.45) is 1.93. The normalized spacial score (nSPS) is 18.7. The van der Waals surface area contributed by atoms with E-state index in [2.05, 4.69) is 12.2 Å². The molecule has 18 heavy (non-hydrogen) atoms. The van der Waals surface area contributed by atoms with Crippen molar-refractivity contribution in [1.29, 1.82) is 0 Å². The Bertz CT molecular complexity index is 465. The number of rotatable bonds is 4. The van der Waals surface area contributed by atoms with Gasteiger partial charge >= 0.3 is 0 Å². The van der Waals surface area contributed by atoms with E-state index in [-0.39, 0.29) is 5.88 Å². The van der Waals surface area contributed by atoms with Gasteiger partial charge in [-0.2, -0.15) is 0 Å². The molecule has 0 aliphatic carbocycles. The van der Waals surface area contributed by atoms with Crippen LogP contribution in [-0.2, 0) is 10.0 Å². The Labute approximate surface area is 109 Å². The molecule has 1 heterocycles. The van der Waals surface area contributed by atoms with Crippen LogP contribution in [0.4, 0.5) is 5.69 Å². The molecule has 0 bridgehead atoms. The summed E-state index contributed by atoms with van der Waals surface area (Å²) in [7, 11) is -3.18. The molecular formula is C13H20N2O2S. The standard InChI is InChI=1S/C13H20N2O2S/c1-12-7-9-15(10-8-12)18(16,17)11-14-13-5-3-2-4-6-13/h2-6,12,14H,7-11H2,1H3. The number of benzene rings is 1. The van der Waals surface area contributed by atoms with Crippen molar-refractivity contribution in [3.05, 3.63) is 30.3 Å². The molecule has 1 aromatic carbocycles. The average molecular weight is 268 g/mol. The van der Waals surface area contributed by atoms with E-state index in [1.54, 1.807) is 4.31 Å². The largest absolute Gasteiger partial charge is 0.370 e. The first-order valence-electron chi connectivity index (χ1n) is 6.35. The lowest BCUT2D eigenvalue weighted by Crippen LogP contribution is -2.40. The van der Waals surface area contributed by atoms with Crippen molar-refractivity contribution in [3.63, 3.8) is 0 Å². The third-order valence-electron chi connectivity index (χ3n) is 3.37. The van der Waals surface area contributed by atoms with Gasteiger partial charge in [-0.25, -0.2) is 12.7 Å². The van der Waals surface area contributed by atoms with E-state index in [4.69, 9.17) is 0 Å². The van der Waals surface area contributed by atoms with Gasteiger partial charge in [0, 0.05) is 18.8 Å². The van der Waals surface area contributed by atoms with Gasteiger partial charge in [0.15, 0.2) is 0 Å². The second-order valence-corrected chi connectivity index (χ2v) is 6.85. The van der Waals surface area contributed by atoms with Crippen molar-refractivity contribution in [3.8, 4) is 0 Å². The molecule has 1 aromatic rings. The average Bonchev–Trinajstić information content (AvgIpc) is 2.38. The Morgan fingerprint density at radius 3 is 2.44 bits per heavy atom. The Morgan fingerprint density at radius 1 is 1.22 bits per heavy atom. The number of anilines is 1. The first-order chi connectivity index (χ1) is 8.58. The second-order valence-electron chi connectivity index (χ2n) is 4.88. The molecule has 1 saturated heterocycles. The number of piperidine rings is 1. The van der Waals surface area contributed by atoms with Crippen LogP contribution in [0.15, 0.2) is 30.3 Å². The number of nitrogens with one attached hydrogen (secondary N) is 1. The Balaban J connectivity index is 1.91. The zero-order chi connectivity index (χ0) is 13.0. The minimum atomic E-state index is -3.18. The summed E-state index contributed by atoms with van der Waals surface area (Å²) >= 11 is 0. The maximum Gasteiger partial charge on any atom is 0.232 e. The fraction of sp³-hybridized carbons (Fsp3) is 0.538. The summed E-state index contributed by atoms with van der Waals surface area (Å²) in [6, 6.07) is 9.42. The first kappa shape index (κ1) is 13.4. The van der Waals surface area contributed by atoms with Crippen LogP contribution in [0.3, 0.4) is 0 Å². The smallest absolute Gasteiger partial charge is 0.232 e. The highest BCUT2D eigenvalue weighted by molar-refractivity contribution is 7.89. The third-order valence-corrected chi connectivity index (χ3v) is 5.03. The van der Waals surface area contributed by atoms with Gasteiger partial charge in [0.05, 0.1) is 0 Å². The zero-order valence-corrected chi connectivity index (χ0v) is 11.5. The third kappa shape index (κ3) is 3.46. The molecule has 0 atom stereocenters. The lowest BCUT2D eigenvalue weighted by molar-refractivity contribution is 0.288. The van der Waals surface area contributed by atoms with Crippen molar-refractivity contribution in [1.82, 2.24) is 4.31 Å². The topological polar surface area (TPSA) is 49.4 Å². The highest BCUT2D eigenvalue weighted by Gasteiger charge is 2.25. The summed E-state index contributed by atoms with van der Waals surface area (Å²) in [5.74, 6) is 0.615. The minimum absolute atomic E-state index is 0.0224. The molecule has 4 nitrogen and oxygen atoms in total. The van der Waals surface area contributed by atoms with E-state index < -0.39 is 10.0 Å². The van der Waals surface area contributed by atoms with Crippen LogP contribution in [0.5, 0.6) is 0 Å². The summed E-state index contributed by atoms with van der Waals surface area (Å²) < 4.78 is 25.9. The number of hydrogen-bond acceptors (Lipinski definition) is 3. The van der Waals surface area contributed by atoms with Crippen LogP contribution in [0, 0.1) is 5.92 Å². The second kappa shape index (κ2) is 5.71. The van der Waals surface area contributed by atoms with E-state index in [1.807, 2.05) is 30.3 Å². The van der Waals surface area contributed by atoms with Crippen LogP contribution in [0.25, 0.3) is 0 Å². The fourth-order valence-electron chi connectivity index (χ4n) is 2.08. The van der Waals surface area contributed by atoms with Gasteiger partial charge in [0.25, 0.3) is 0 Å². The predicted molar refractivity (Wildman–Crippen MR) is 73.8 cm³/mol. The van der Waals surface area contributed by atoms with E-state index >= 15 is 0 Å². The molecule has 1 aliphatic heterocycles. The van der Waals surface area contributed by atoms with Gasteiger partial charge in [0.2, 0.25) is 10.0 Å². The van der Waals surface area contributed by atoms with E-state index in [9.17, 15) is 8.42 Å². The quantitative estimate of drug-likeness (QED) is 0.910. The molecule has 1 aliphatic rings. The van der Waals surface area contributed by atoms with Crippen LogP contribution in [-0.4, -0.2) is 31.7 Å². The van der Waals surface area contributed by atoms with Gasteiger partial charge in [0.1, 0.15) is 5.88 Å². The molecule has 2 rings (SSSR count). The minimum Gasteiger partial charge on any atom is -0.370 e. The van der Waals surface area contributed by atoms with Gasteiger partial charge in [-0.05, 0) is 30.9 Å². The molecule has 0 radical (unpaired) electrons. The number of sulfonamides is 1. The van der Waals surface area contributed by atoms with Gasteiger partial charge in [-0.1, -0.05) is 25.1 Å². The number of nitrogens with zero attached hydrogens (tertiary/aromatic N) is 1. The van der Waals surface area contributed by atoms with Crippen LogP contribution >= 0.6 is 0 Å². The van der Waals surface area contributed by atoms with Crippen molar-refractivity contribution in [2.75, 3.05) is 24.3 Å². The summed E-state index contributed by atoms with van der Waals surface area (Å²) in [6.45, 7) is 3.48. The molecular weight excluding hydrogens is 248 g/mol. The summed E-state index contributed by atoms with van der Waals surface area (Å²) in [4.78, 5) is 0. The predicted octanol–water partition coefficient (Wildman–Crippen LogP) is 2.12. The van der Waals surface area contributed by atoms with Crippen molar-refractivity contribution >= 4 is 15.7 Å². The van der Waals surface area contributed by atoms with E-state index in [0.29, 0.717) is 19.0 Å².